The summed E-state index contributed by atoms with van der Waals surface area (Å²) in [7, 11) is 0. The number of benzene rings is 2. The van der Waals surface area contributed by atoms with Crippen LogP contribution in [0.4, 0.5) is 11.5 Å². The van der Waals surface area contributed by atoms with Crippen LogP contribution in [-0.4, -0.2) is 15.2 Å². The van der Waals surface area contributed by atoms with E-state index in [1.54, 1.807) is 12.4 Å². The van der Waals surface area contributed by atoms with Crippen molar-refractivity contribution in [3.8, 4) is 11.3 Å². The number of aromatic nitrogens is 3. The van der Waals surface area contributed by atoms with Crippen LogP contribution in [0.15, 0.2) is 79.1 Å². The zero-order chi connectivity index (χ0) is 15.5. The zero-order valence-corrected chi connectivity index (χ0v) is 12.3. The molecule has 0 aliphatic carbocycles. The van der Waals surface area contributed by atoms with Crippen LogP contribution in [0.25, 0.3) is 22.0 Å². The molecule has 0 atom stereocenters. The minimum atomic E-state index is 0.730. The van der Waals surface area contributed by atoms with Crippen LogP contribution in [0, 0.1) is 0 Å². The smallest absolute Gasteiger partial charge is 0.161 e. The van der Waals surface area contributed by atoms with E-state index >= 15 is 0 Å². The van der Waals surface area contributed by atoms with Gasteiger partial charge in [-0.25, -0.2) is 0 Å². The van der Waals surface area contributed by atoms with E-state index in [1.807, 2.05) is 54.6 Å². The molecular weight excluding hydrogens is 284 g/mol. The Morgan fingerprint density at radius 3 is 2.26 bits per heavy atom. The van der Waals surface area contributed by atoms with Gasteiger partial charge in [-0.3, -0.25) is 4.98 Å². The predicted molar refractivity (Wildman–Crippen MR) is 92.5 cm³/mol. The molecule has 0 radical (unpaired) electrons. The average molecular weight is 298 g/mol. The highest BCUT2D eigenvalue weighted by Gasteiger charge is 2.10. The van der Waals surface area contributed by atoms with Crippen molar-refractivity contribution in [3.05, 3.63) is 79.1 Å². The van der Waals surface area contributed by atoms with Crippen LogP contribution in [0.1, 0.15) is 0 Å². The lowest BCUT2D eigenvalue weighted by atomic mass is 10.0. The van der Waals surface area contributed by atoms with Crippen molar-refractivity contribution >= 4 is 22.3 Å². The number of pyridine rings is 1. The van der Waals surface area contributed by atoms with Gasteiger partial charge < -0.3 is 5.32 Å². The second-order valence-electron chi connectivity index (χ2n) is 5.18. The highest BCUT2D eigenvalue weighted by Crippen LogP contribution is 2.30. The standard InChI is InChI=1S/C19H14N4/c1-2-7-14(8-3-1)18-16-10-4-5-11-17(16)19(23-22-18)21-15-9-6-12-20-13-15/h1-13H,(H,21,23). The molecule has 0 unspecified atom stereocenters. The minimum absolute atomic E-state index is 0.730. The second-order valence-corrected chi connectivity index (χ2v) is 5.18. The van der Waals surface area contributed by atoms with Gasteiger partial charge in [0.05, 0.1) is 11.9 Å². The number of anilines is 2. The Kier molecular flexibility index (Phi) is 3.41. The summed E-state index contributed by atoms with van der Waals surface area (Å²) in [5, 5.41) is 14.2. The first kappa shape index (κ1) is 13.4. The molecule has 0 aliphatic heterocycles. The molecule has 1 N–H and O–H groups in total. The van der Waals surface area contributed by atoms with E-state index < -0.39 is 0 Å². The molecule has 0 fully saturated rings. The Bertz CT molecular complexity index is 937. The van der Waals surface area contributed by atoms with Crippen LogP contribution >= 0.6 is 0 Å². The van der Waals surface area contributed by atoms with Crippen molar-refractivity contribution in [3.63, 3.8) is 0 Å². The van der Waals surface area contributed by atoms with Crippen molar-refractivity contribution in [1.82, 2.24) is 15.2 Å². The van der Waals surface area contributed by atoms with Gasteiger partial charge in [0, 0.05) is 22.5 Å². The SMILES string of the molecule is c1ccc(-c2nnc(Nc3cccnc3)c3ccccc23)cc1. The third-order valence-corrected chi connectivity index (χ3v) is 3.66. The van der Waals surface area contributed by atoms with Crippen molar-refractivity contribution < 1.29 is 0 Å². The summed E-state index contributed by atoms with van der Waals surface area (Å²) in [5.41, 5.74) is 2.83. The van der Waals surface area contributed by atoms with Crippen molar-refractivity contribution in [1.29, 1.82) is 0 Å². The largest absolute Gasteiger partial charge is 0.337 e. The first-order valence-electron chi connectivity index (χ1n) is 7.40. The molecule has 23 heavy (non-hydrogen) atoms. The first-order chi connectivity index (χ1) is 11.4. The summed E-state index contributed by atoms with van der Waals surface area (Å²) in [6.07, 6.45) is 3.51. The van der Waals surface area contributed by atoms with Gasteiger partial charge in [-0.05, 0) is 12.1 Å². The number of nitrogens with one attached hydrogen (secondary N) is 1. The van der Waals surface area contributed by atoms with Crippen molar-refractivity contribution in [2.75, 3.05) is 5.32 Å². The van der Waals surface area contributed by atoms with E-state index in [2.05, 4.69) is 32.6 Å². The Morgan fingerprint density at radius 1 is 0.696 bits per heavy atom. The summed E-state index contributed by atoms with van der Waals surface area (Å²) >= 11 is 0. The van der Waals surface area contributed by atoms with Crippen LogP contribution in [0.2, 0.25) is 0 Å². The molecule has 4 nitrogen and oxygen atoms in total. The van der Waals surface area contributed by atoms with E-state index in [9.17, 15) is 0 Å². The lowest BCUT2D eigenvalue weighted by Gasteiger charge is -2.10. The molecule has 2 aromatic carbocycles. The average Bonchev–Trinajstić information content (AvgIpc) is 2.64. The third-order valence-electron chi connectivity index (χ3n) is 3.66. The molecule has 4 aromatic rings. The molecule has 0 bridgehead atoms. The number of fused-ring (bicyclic) bond motifs is 1. The van der Waals surface area contributed by atoms with Crippen molar-refractivity contribution in [2.45, 2.75) is 0 Å². The van der Waals surface area contributed by atoms with E-state index in [-0.39, 0.29) is 0 Å². The molecule has 0 saturated heterocycles. The highest BCUT2D eigenvalue weighted by atomic mass is 15.2. The molecule has 0 saturated carbocycles. The topological polar surface area (TPSA) is 50.7 Å². The summed E-state index contributed by atoms with van der Waals surface area (Å²) in [4.78, 5) is 4.12. The van der Waals surface area contributed by atoms with Gasteiger partial charge in [-0.15, -0.1) is 10.2 Å². The Hall–Kier alpha value is -3.27. The molecule has 110 valence electrons. The van der Waals surface area contributed by atoms with Gasteiger partial charge in [-0.1, -0.05) is 54.6 Å². The minimum Gasteiger partial charge on any atom is -0.337 e. The maximum Gasteiger partial charge on any atom is 0.161 e. The number of rotatable bonds is 3. The van der Waals surface area contributed by atoms with Gasteiger partial charge in [-0.2, -0.15) is 0 Å². The Morgan fingerprint density at radius 2 is 1.48 bits per heavy atom. The van der Waals surface area contributed by atoms with Crippen LogP contribution in [-0.2, 0) is 0 Å². The van der Waals surface area contributed by atoms with Gasteiger partial charge in [0.15, 0.2) is 5.82 Å². The Balaban J connectivity index is 1.86. The van der Waals surface area contributed by atoms with Gasteiger partial charge in [0.1, 0.15) is 5.69 Å². The summed E-state index contributed by atoms with van der Waals surface area (Å²) in [6, 6.07) is 22.1. The van der Waals surface area contributed by atoms with E-state index in [1.165, 1.54) is 0 Å². The molecule has 2 aromatic heterocycles. The molecule has 4 heteroatoms. The third kappa shape index (κ3) is 2.62. The van der Waals surface area contributed by atoms with E-state index in [0.717, 1.165) is 33.5 Å². The fourth-order valence-corrected chi connectivity index (χ4v) is 2.58. The zero-order valence-electron chi connectivity index (χ0n) is 12.3. The lowest BCUT2D eigenvalue weighted by molar-refractivity contribution is 1.06. The first-order valence-corrected chi connectivity index (χ1v) is 7.40. The fraction of sp³-hybridized carbons (Fsp3) is 0. The maximum atomic E-state index is 4.44. The monoisotopic (exact) mass is 298 g/mol. The lowest BCUT2D eigenvalue weighted by Crippen LogP contribution is -1.99. The van der Waals surface area contributed by atoms with Crippen LogP contribution in [0.3, 0.4) is 0 Å². The normalized spacial score (nSPS) is 10.6. The number of nitrogens with zero attached hydrogens (tertiary/aromatic N) is 3. The molecular formula is C19H14N4. The molecule has 4 rings (SSSR count). The fourth-order valence-electron chi connectivity index (χ4n) is 2.58. The summed E-state index contributed by atoms with van der Waals surface area (Å²) in [5.74, 6) is 0.730. The molecule has 0 amide bonds. The predicted octanol–water partition coefficient (Wildman–Crippen LogP) is 4.44. The quantitative estimate of drug-likeness (QED) is 0.607. The number of hydrogen-bond donors (Lipinski definition) is 1. The van der Waals surface area contributed by atoms with Crippen molar-refractivity contribution in [2.24, 2.45) is 0 Å². The molecule has 2 heterocycles. The molecule has 0 spiro atoms. The summed E-state index contributed by atoms with van der Waals surface area (Å²) < 4.78 is 0. The Labute approximate surface area is 133 Å². The van der Waals surface area contributed by atoms with E-state index in [4.69, 9.17) is 0 Å². The summed E-state index contributed by atoms with van der Waals surface area (Å²) in [6.45, 7) is 0. The maximum absolute atomic E-state index is 4.44. The second kappa shape index (κ2) is 5.85. The number of hydrogen-bond acceptors (Lipinski definition) is 4. The molecule has 0 aliphatic rings. The van der Waals surface area contributed by atoms with Gasteiger partial charge >= 0.3 is 0 Å². The highest BCUT2D eigenvalue weighted by molar-refractivity contribution is 6.00. The van der Waals surface area contributed by atoms with Gasteiger partial charge in [0.2, 0.25) is 0 Å². The van der Waals surface area contributed by atoms with E-state index in [0.29, 0.717) is 0 Å². The van der Waals surface area contributed by atoms with Crippen LogP contribution in [0.5, 0.6) is 0 Å². The van der Waals surface area contributed by atoms with Crippen LogP contribution < -0.4 is 5.32 Å². The van der Waals surface area contributed by atoms with Gasteiger partial charge in [0.25, 0.3) is 0 Å².